The molecule has 2 rings (SSSR count). The molecule has 0 aliphatic rings. The van der Waals surface area contributed by atoms with Gasteiger partial charge in [0.25, 0.3) is 5.91 Å². The van der Waals surface area contributed by atoms with Gasteiger partial charge in [0.2, 0.25) is 0 Å². The van der Waals surface area contributed by atoms with E-state index >= 15 is 0 Å². The Balaban J connectivity index is 2.19. The first-order valence-electron chi connectivity index (χ1n) is 6.83. The maximum absolute atomic E-state index is 12.3. The van der Waals surface area contributed by atoms with E-state index in [2.05, 4.69) is 5.32 Å². The number of anilines is 1. The number of methoxy groups -OCH3 is 1. The van der Waals surface area contributed by atoms with E-state index in [9.17, 15) is 4.79 Å². The number of aryl methyl sites for hydroxylation is 1. The summed E-state index contributed by atoms with van der Waals surface area (Å²) in [6.07, 6.45) is 0. The summed E-state index contributed by atoms with van der Waals surface area (Å²) in [7, 11) is 1.58. The summed E-state index contributed by atoms with van der Waals surface area (Å²) in [6.45, 7) is 4.46. The van der Waals surface area contributed by atoms with Gasteiger partial charge in [0, 0.05) is 5.56 Å². The van der Waals surface area contributed by atoms with E-state index in [4.69, 9.17) is 9.47 Å². The van der Waals surface area contributed by atoms with Crippen molar-refractivity contribution in [3.8, 4) is 11.5 Å². The Hall–Kier alpha value is -2.49. The van der Waals surface area contributed by atoms with Crippen molar-refractivity contribution in [2.45, 2.75) is 13.8 Å². The van der Waals surface area contributed by atoms with E-state index in [1.54, 1.807) is 25.3 Å². The Labute approximate surface area is 124 Å². The van der Waals surface area contributed by atoms with Gasteiger partial charge in [0.05, 0.1) is 19.4 Å². The smallest absolute Gasteiger partial charge is 0.255 e. The maximum Gasteiger partial charge on any atom is 0.255 e. The lowest BCUT2D eigenvalue weighted by Gasteiger charge is -2.11. The lowest BCUT2D eigenvalue weighted by Crippen LogP contribution is -2.13. The minimum atomic E-state index is -0.175. The van der Waals surface area contributed by atoms with Crippen molar-refractivity contribution in [1.29, 1.82) is 0 Å². The quantitative estimate of drug-likeness (QED) is 0.912. The normalized spacial score (nSPS) is 10.0. The zero-order valence-electron chi connectivity index (χ0n) is 12.5. The number of carbonyl (C=O) groups excluding carboxylic acids is 1. The fraction of sp³-hybridized carbons (Fsp3) is 0.235. The molecule has 0 bridgehead atoms. The number of amides is 1. The highest BCUT2D eigenvalue weighted by atomic mass is 16.5. The van der Waals surface area contributed by atoms with Gasteiger partial charge in [0.1, 0.15) is 11.5 Å². The van der Waals surface area contributed by atoms with Crippen LogP contribution in [-0.2, 0) is 0 Å². The van der Waals surface area contributed by atoms with Crippen molar-refractivity contribution in [2.75, 3.05) is 19.0 Å². The molecule has 0 atom stereocenters. The zero-order chi connectivity index (χ0) is 15.2. The lowest BCUT2D eigenvalue weighted by atomic mass is 10.1. The number of carbonyl (C=O) groups is 1. The number of rotatable bonds is 5. The van der Waals surface area contributed by atoms with Crippen LogP contribution >= 0.6 is 0 Å². The number of benzene rings is 2. The Morgan fingerprint density at radius 1 is 1.14 bits per heavy atom. The third kappa shape index (κ3) is 3.54. The topological polar surface area (TPSA) is 47.6 Å². The summed E-state index contributed by atoms with van der Waals surface area (Å²) in [5.74, 6) is 1.26. The molecule has 1 N–H and O–H groups in total. The average molecular weight is 285 g/mol. The predicted molar refractivity (Wildman–Crippen MR) is 83.3 cm³/mol. The van der Waals surface area contributed by atoms with Gasteiger partial charge in [0.15, 0.2) is 0 Å². The Kier molecular flexibility index (Phi) is 4.82. The SMILES string of the molecule is CCOc1ccc(C(=O)Nc2ccccc2OC)cc1C. The summed E-state index contributed by atoms with van der Waals surface area (Å²) in [5, 5.41) is 2.85. The molecule has 110 valence electrons. The van der Waals surface area contributed by atoms with Crippen LogP contribution in [-0.4, -0.2) is 19.6 Å². The van der Waals surface area contributed by atoms with Crippen LogP contribution in [0.2, 0.25) is 0 Å². The molecule has 21 heavy (non-hydrogen) atoms. The Morgan fingerprint density at radius 3 is 2.57 bits per heavy atom. The molecule has 0 unspecified atom stereocenters. The van der Waals surface area contributed by atoms with Crippen LogP contribution < -0.4 is 14.8 Å². The number of para-hydroxylation sites is 2. The predicted octanol–water partition coefficient (Wildman–Crippen LogP) is 3.65. The fourth-order valence-corrected chi connectivity index (χ4v) is 2.05. The molecule has 0 saturated heterocycles. The third-order valence-electron chi connectivity index (χ3n) is 3.09. The number of hydrogen-bond acceptors (Lipinski definition) is 3. The molecule has 0 aliphatic heterocycles. The molecule has 0 fully saturated rings. The molecule has 0 saturated carbocycles. The van der Waals surface area contributed by atoms with E-state index < -0.39 is 0 Å². The molecule has 4 nitrogen and oxygen atoms in total. The molecule has 0 spiro atoms. The standard InChI is InChI=1S/C17H19NO3/c1-4-21-15-10-9-13(11-12(15)2)17(19)18-14-7-5-6-8-16(14)20-3/h5-11H,4H2,1-3H3,(H,18,19). The van der Waals surface area contributed by atoms with Crippen LogP contribution in [0.5, 0.6) is 11.5 Å². The van der Waals surface area contributed by atoms with Crippen LogP contribution in [0.3, 0.4) is 0 Å². The van der Waals surface area contributed by atoms with Crippen LogP contribution in [0.1, 0.15) is 22.8 Å². The van der Waals surface area contributed by atoms with Gasteiger partial charge < -0.3 is 14.8 Å². The maximum atomic E-state index is 12.3. The van der Waals surface area contributed by atoms with E-state index in [1.165, 1.54) is 0 Å². The fourth-order valence-electron chi connectivity index (χ4n) is 2.05. The highest BCUT2D eigenvalue weighted by Crippen LogP contribution is 2.25. The molecule has 0 aliphatic carbocycles. The van der Waals surface area contributed by atoms with Crippen molar-refractivity contribution in [1.82, 2.24) is 0 Å². The van der Waals surface area contributed by atoms with Crippen LogP contribution in [0.25, 0.3) is 0 Å². The monoisotopic (exact) mass is 285 g/mol. The Bertz CT molecular complexity index is 638. The molecule has 0 radical (unpaired) electrons. The van der Waals surface area contributed by atoms with Crippen molar-refractivity contribution in [2.24, 2.45) is 0 Å². The van der Waals surface area contributed by atoms with Crippen LogP contribution in [0, 0.1) is 6.92 Å². The molecule has 0 heterocycles. The van der Waals surface area contributed by atoms with Gasteiger partial charge in [-0.2, -0.15) is 0 Å². The van der Waals surface area contributed by atoms with Gasteiger partial charge in [-0.15, -0.1) is 0 Å². The van der Waals surface area contributed by atoms with Gasteiger partial charge in [-0.3, -0.25) is 4.79 Å². The van der Waals surface area contributed by atoms with E-state index in [1.807, 2.05) is 38.1 Å². The van der Waals surface area contributed by atoms with E-state index in [0.717, 1.165) is 11.3 Å². The van der Waals surface area contributed by atoms with Crippen molar-refractivity contribution in [3.05, 3.63) is 53.6 Å². The molecule has 2 aromatic carbocycles. The molecule has 2 aromatic rings. The molecular weight excluding hydrogens is 266 g/mol. The molecule has 1 amide bonds. The number of ether oxygens (including phenoxy) is 2. The molecule has 4 heteroatoms. The average Bonchev–Trinajstić information content (AvgIpc) is 2.50. The number of hydrogen-bond donors (Lipinski definition) is 1. The Morgan fingerprint density at radius 2 is 1.90 bits per heavy atom. The first-order chi connectivity index (χ1) is 10.2. The van der Waals surface area contributed by atoms with Gasteiger partial charge in [-0.25, -0.2) is 0 Å². The lowest BCUT2D eigenvalue weighted by molar-refractivity contribution is 0.102. The highest BCUT2D eigenvalue weighted by molar-refractivity contribution is 6.05. The van der Waals surface area contributed by atoms with Crippen LogP contribution in [0.15, 0.2) is 42.5 Å². The summed E-state index contributed by atoms with van der Waals surface area (Å²) in [4.78, 5) is 12.3. The molecule has 0 aromatic heterocycles. The summed E-state index contributed by atoms with van der Waals surface area (Å²) in [6, 6.07) is 12.7. The van der Waals surface area contributed by atoms with Gasteiger partial charge in [-0.1, -0.05) is 12.1 Å². The van der Waals surface area contributed by atoms with Crippen LogP contribution in [0.4, 0.5) is 5.69 Å². The van der Waals surface area contributed by atoms with Gasteiger partial charge >= 0.3 is 0 Å². The first-order valence-corrected chi connectivity index (χ1v) is 6.83. The number of nitrogens with one attached hydrogen (secondary N) is 1. The molecular formula is C17H19NO3. The van der Waals surface area contributed by atoms with E-state index in [0.29, 0.717) is 23.6 Å². The summed E-state index contributed by atoms with van der Waals surface area (Å²) >= 11 is 0. The minimum Gasteiger partial charge on any atom is -0.495 e. The highest BCUT2D eigenvalue weighted by Gasteiger charge is 2.11. The largest absolute Gasteiger partial charge is 0.495 e. The third-order valence-corrected chi connectivity index (χ3v) is 3.09. The first kappa shape index (κ1) is 14.9. The van der Waals surface area contributed by atoms with Gasteiger partial charge in [-0.05, 0) is 49.7 Å². The zero-order valence-corrected chi connectivity index (χ0v) is 12.5. The van der Waals surface area contributed by atoms with Crippen molar-refractivity contribution >= 4 is 11.6 Å². The van der Waals surface area contributed by atoms with Crippen molar-refractivity contribution in [3.63, 3.8) is 0 Å². The minimum absolute atomic E-state index is 0.175. The second-order valence-electron chi connectivity index (χ2n) is 4.57. The second-order valence-corrected chi connectivity index (χ2v) is 4.57. The van der Waals surface area contributed by atoms with E-state index in [-0.39, 0.29) is 5.91 Å². The second kappa shape index (κ2) is 6.79. The summed E-state index contributed by atoms with van der Waals surface area (Å²) in [5.41, 5.74) is 2.17. The summed E-state index contributed by atoms with van der Waals surface area (Å²) < 4.78 is 10.7. The van der Waals surface area contributed by atoms with Crippen molar-refractivity contribution < 1.29 is 14.3 Å².